The molecule has 0 spiro atoms. The van der Waals surface area contributed by atoms with Gasteiger partial charge < -0.3 is 14.6 Å². The first-order chi connectivity index (χ1) is 9.08. The highest BCUT2D eigenvalue weighted by Crippen LogP contribution is 2.29. The zero-order valence-corrected chi connectivity index (χ0v) is 12.2. The van der Waals surface area contributed by atoms with Gasteiger partial charge in [-0.25, -0.2) is 4.98 Å². The van der Waals surface area contributed by atoms with Crippen LogP contribution in [0.5, 0.6) is 5.75 Å². The van der Waals surface area contributed by atoms with Crippen LogP contribution >= 0.6 is 0 Å². The Balaban J connectivity index is 2.50. The number of aryl methyl sites for hydroxylation is 3. The van der Waals surface area contributed by atoms with Crippen LogP contribution in [0.1, 0.15) is 28.4 Å². The highest BCUT2D eigenvalue weighted by Gasteiger charge is 2.18. The second kappa shape index (κ2) is 5.45. The van der Waals surface area contributed by atoms with Crippen molar-refractivity contribution in [3.8, 4) is 5.75 Å². The van der Waals surface area contributed by atoms with Gasteiger partial charge >= 0.3 is 0 Å². The number of nitrogens with one attached hydrogen (secondary N) is 1. The molecule has 0 saturated heterocycles. The zero-order valence-electron chi connectivity index (χ0n) is 12.2. The van der Waals surface area contributed by atoms with Gasteiger partial charge in [-0.1, -0.05) is 6.07 Å². The average molecular weight is 259 g/mol. The molecule has 0 aliphatic rings. The molecule has 0 amide bonds. The molecule has 1 unspecified atom stereocenters. The SMILES string of the molecule is CNC(c1cc(C)c(OC)cc1C)c1cncn1C. The fourth-order valence-corrected chi connectivity index (χ4v) is 2.45. The molecular weight excluding hydrogens is 238 g/mol. The van der Waals surface area contributed by atoms with Crippen molar-refractivity contribution in [2.75, 3.05) is 14.2 Å². The lowest BCUT2D eigenvalue weighted by Crippen LogP contribution is -2.21. The number of hydrogen-bond donors (Lipinski definition) is 1. The fraction of sp³-hybridized carbons (Fsp3) is 0.400. The molecule has 4 heteroatoms. The molecule has 102 valence electrons. The van der Waals surface area contributed by atoms with Gasteiger partial charge in [-0.05, 0) is 43.7 Å². The Bertz CT molecular complexity index is 575. The van der Waals surface area contributed by atoms with Gasteiger partial charge in [-0.3, -0.25) is 0 Å². The molecule has 19 heavy (non-hydrogen) atoms. The predicted molar refractivity (Wildman–Crippen MR) is 76.6 cm³/mol. The average Bonchev–Trinajstić information content (AvgIpc) is 2.80. The summed E-state index contributed by atoms with van der Waals surface area (Å²) in [5, 5.41) is 3.37. The third-order valence-electron chi connectivity index (χ3n) is 3.53. The quantitative estimate of drug-likeness (QED) is 0.916. The summed E-state index contributed by atoms with van der Waals surface area (Å²) in [6.45, 7) is 4.18. The first-order valence-corrected chi connectivity index (χ1v) is 6.37. The van der Waals surface area contributed by atoms with Crippen LogP contribution in [0.2, 0.25) is 0 Å². The Hall–Kier alpha value is -1.81. The number of benzene rings is 1. The number of imidazole rings is 1. The van der Waals surface area contributed by atoms with E-state index in [4.69, 9.17) is 4.74 Å². The van der Waals surface area contributed by atoms with Gasteiger partial charge in [0.25, 0.3) is 0 Å². The number of methoxy groups -OCH3 is 1. The van der Waals surface area contributed by atoms with Crippen LogP contribution in [0, 0.1) is 13.8 Å². The number of nitrogens with zero attached hydrogens (tertiary/aromatic N) is 2. The molecule has 1 aromatic heterocycles. The van der Waals surface area contributed by atoms with Crippen molar-refractivity contribution in [2.45, 2.75) is 19.9 Å². The van der Waals surface area contributed by atoms with E-state index in [9.17, 15) is 0 Å². The summed E-state index contributed by atoms with van der Waals surface area (Å²) in [5.74, 6) is 0.932. The van der Waals surface area contributed by atoms with Crippen molar-refractivity contribution in [3.63, 3.8) is 0 Å². The van der Waals surface area contributed by atoms with E-state index >= 15 is 0 Å². The number of ether oxygens (including phenoxy) is 1. The fourth-order valence-electron chi connectivity index (χ4n) is 2.45. The third-order valence-corrected chi connectivity index (χ3v) is 3.53. The molecule has 0 bridgehead atoms. The molecule has 1 aromatic carbocycles. The van der Waals surface area contributed by atoms with E-state index in [1.54, 1.807) is 7.11 Å². The molecule has 1 atom stereocenters. The second-order valence-corrected chi connectivity index (χ2v) is 4.83. The molecule has 2 aromatic rings. The van der Waals surface area contributed by atoms with Gasteiger partial charge in [-0.15, -0.1) is 0 Å². The molecule has 1 heterocycles. The van der Waals surface area contributed by atoms with Gasteiger partial charge in [0.05, 0.1) is 31.4 Å². The van der Waals surface area contributed by atoms with E-state index < -0.39 is 0 Å². The van der Waals surface area contributed by atoms with Crippen LogP contribution in [-0.4, -0.2) is 23.7 Å². The minimum atomic E-state index is 0.136. The van der Waals surface area contributed by atoms with E-state index in [0.717, 1.165) is 17.0 Å². The van der Waals surface area contributed by atoms with Crippen LogP contribution < -0.4 is 10.1 Å². The second-order valence-electron chi connectivity index (χ2n) is 4.83. The monoisotopic (exact) mass is 259 g/mol. The highest BCUT2D eigenvalue weighted by molar-refractivity contribution is 5.44. The van der Waals surface area contributed by atoms with Gasteiger partial charge in [-0.2, -0.15) is 0 Å². The number of hydrogen-bond acceptors (Lipinski definition) is 3. The molecule has 0 aliphatic carbocycles. The van der Waals surface area contributed by atoms with E-state index in [1.165, 1.54) is 11.1 Å². The molecular formula is C15H21N3O. The summed E-state index contributed by atoms with van der Waals surface area (Å²) in [6, 6.07) is 4.41. The van der Waals surface area contributed by atoms with Crippen LogP contribution in [-0.2, 0) is 7.05 Å². The summed E-state index contributed by atoms with van der Waals surface area (Å²) >= 11 is 0. The van der Waals surface area contributed by atoms with E-state index in [-0.39, 0.29) is 6.04 Å². The predicted octanol–water partition coefficient (Wildman–Crippen LogP) is 2.35. The van der Waals surface area contributed by atoms with E-state index in [0.29, 0.717) is 0 Å². The minimum absolute atomic E-state index is 0.136. The molecule has 0 fully saturated rings. The van der Waals surface area contributed by atoms with Gasteiger partial charge in [0.15, 0.2) is 0 Å². The molecule has 0 aliphatic heterocycles. The Kier molecular flexibility index (Phi) is 3.90. The van der Waals surface area contributed by atoms with Crippen molar-refractivity contribution in [1.82, 2.24) is 14.9 Å². The van der Waals surface area contributed by atoms with Crippen LogP contribution in [0.25, 0.3) is 0 Å². The van der Waals surface area contributed by atoms with Gasteiger partial charge in [0.2, 0.25) is 0 Å². The molecule has 1 N–H and O–H groups in total. The largest absolute Gasteiger partial charge is 0.496 e. The zero-order chi connectivity index (χ0) is 14.0. The topological polar surface area (TPSA) is 39.1 Å². The van der Waals surface area contributed by atoms with Gasteiger partial charge in [0, 0.05) is 7.05 Å². The normalized spacial score (nSPS) is 12.5. The highest BCUT2D eigenvalue weighted by atomic mass is 16.5. The van der Waals surface area contributed by atoms with E-state index in [2.05, 4.69) is 36.3 Å². The lowest BCUT2D eigenvalue weighted by Gasteiger charge is -2.21. The van der Waals surface area contributed by atoms with Crippen molar-refractivity contribution in [1.29, 1.82) is 0 Å². The number of rotatable bonds is 4. The molecule has 0 radical (unpaired) electrons. The maximum atomic E-state index is 5.37. The maximum Gasteiger partial charge on any atom is 0.122 e. The first-order valence-electron chi connectivity index (χ1n) is 6.37. The van der Waals surface area contributed by atoms with E-state index in [1.807, 2.05) is 31.2 Å². The smallest absolute Gasteiger partial charge is 0.122 e. The first kappa shape index (κ1) is 13.6. The number of aromatic nitrogens is 2. The summed E-state index contributed by atoms with van der Waals surface area (Å²) in [5.41, 5.74) is 4.76. The standard InChI is InChI=1S/C15H21N3O/c1-10-7-14(19-5)11(2)6-12(10)15(16-3)13-8-17-9-18(13)4/h6-9,15-16H,1-5H3. The maximum absolute atomic E-state index is 5.37. The lowest BCUT2D eigenvalue weighted by atomic mass is 9.96. The summed E-state index contributed by atoms with van der Waals surface area (Å²) in [6.07, 6.45) is 3.73. The van der Waals surface area contributed by atoms with Crippen LogP contribution in [0.15, 0.2) is 24.7 Å². The van der Waals surface area contributed by atoms with Gasteiger partial charge in [0.1, 0.15) is 5.75 Å². The Morgan fingerprint density at radius 1 is 1.26 bits per heavy atom. The van der Waals surface area contributed by atoms with Crippen LogP contribution in [0.3, 0.4) is 0 Å². The molecule has 0 saturated carbocycles. The van der Waals surface area contributed by atoms with Crippen molar-refractivity contribution < 1.29 is 4.74 Å². The molecule has 2 rings (SSSR count). The third kappa shape index (κ3) is 2.49. The Morgan fingerprint density at radius 2 is 2.00 bits per heavy atom. The lowest BCUT2D eigenvalue weighted by molar-refractivity contribution is 0.411. The Morgan fingerprint density at radius 3 is 2.53 bits per heavy atom. The van der Waals surface area contributed by atoms with Crippen LogP contribution in [0.4, 0.5) is 0 Å². The summed E-state index contributed by atoms with van der Waals surface area (Å²) in [4.78, 5) is 4.20. The minimum Gasteiger partial charge on any atom is -0.496 e. The molecule has 4 nitrogen and oxygen atoms in total. The summed E-state index contributed by atoms with van der Waals surface area (Å²) < 4.78 is 7.41. The Labute approximate surface area is 114 Å². The van der Waals surface area contributed by atoms with Crippen molar-refractivity contribution in [2.24, 2.45) is 7.05 Å². The van der Waals surface area contributed by atoms with Crippen molar-refractivity contribution in [3.05, 3.63) is 47.0 Å². The van der Waals surface area contributed by atoms with Crippen molar-refractivity contribution >= 4 is 0 Å². The summed E-state index contributed by atoms with van der Waals surface area (Å²) in [7, 11) is 5.69.